The quantitative estimate of drug-likeness (QED) is 0.144. The summed E-state index contributed by atoms with van der Waals surface area (Å²) in [5.74, 6) is 0. The van der Waals surface area contributed by atoms with Gasteiger partial charge in [0.1, 0.15) is 22.3 Å². The third-order valence-corrected chi connectivity index (χ3v) is 10.2. The van der Waals surface area contributed by atoms with Crippen LogP contribution in [-0.4, -0.2) is 0 Å². The predicted molar refractivity (Wildman–Crippen MR) is 202 cm³/mol. The Labute approximate surface area is 275 Å². The van der Waals surface area contributed by atoms with Gasteiger partial charge in [-0.3, -0.25) is 0 Å². The van der Waals surface area contributed by atoms with Crippen LogP contribution in [0.4, 0.5) is 0 Å². The number of hydrogen-bond donors (Lipinski definition) is 0. The SMILES string of the molecule is c1ccc2c(c1)oc1cc(-c3c4ccccc4c(-c4ccc5oc6c7ccccc7c7ccccc7c6c5c4)c4ccccc34)ccc12. The van der Waals surface area contributed by atoms with Crippen LogP contribution in [-0.2, 0) is 0 Å². The van der Waals surface area contributed by atoms with Crippen LogP contribution in [0.1, 0.15) is 0 Å². The van der Waals surface area contributed by atoms with Crippen LogP contribution in [0.3, 0.4) is 0 Å². The third-order valence-electron chi connectivity index (χ3n) is 10.2. The lowest BCUT2D eigenvalue weighted by Crippen LogP contribution is -1.90. The van der Waals surface area contributed by atoms with E-state index >= 15 is 0 Å². The fourth-order valence-corrected chi connectivity index (χ4v) is 8.19. The third kappa shape index (κ3) is 3.46. The highest BCUT2D eigenvalue weighted by molar-refractivity contribution is 6.31. The highest BCUT2D eigenvalue weighted by atomic mass is 16.3. The van der Waals surface area contributed by atoms with Crippen molar-refractivity contribution in [2.75, 3.05) is 0 Å². The molecule has 0 amide bonds. The molecule has 11 aromatic rings. The molecule has 0 atom stereocenters. The van der Waals surface area contributed by atoms with Crippen LogP contribution in [0.15, 0.2) is 167 Å². The van der Waals surface area contributed by atoms with Crippen molar-refractivity contribution in [1.82, 2.24) is 0 Å². The normalized spacial score (nSPS) is 12.2. The Hall–Kier alpha value is -6.38. The Morgan fingerprint density at radius 1 is 0.271 bits per heavy atom. The minimum Gasteiger partial charge on any atom is -0.456 e. The van der Waals surface area contributed by atoms with Gasteiger partial charge in [0.05, 0.1) is 0 Å². The Kier molecular flexibility index (Phi) is 5.14. The molecule has 0 unspecified atom stereocenters. The summed E-state index contributed by atoms with van der Waals surface area (Å²) in [6, 6.07) is 56.6. The van der Waals surface area contributed by atoms with Crippen molar-refractivity contribution in [2.45, 2.75) is 0 Å². The van der Waals surface area contributed by atoms with Gasteiger partial charge in [0.25, 0.3) is 0 Å². The first-order valence-electron chi connectivity index (χ1n) is 16.4. The van der Waals surface area contributed by atoms with E-state index in [1.165, 1.54) is 59.8 Å². The van der Waals surface area contributed by atoms with Crippen molar-refractivity contribution < 1.29 is 8.83 Å². The zero-order chi connectivity index (χ0) is 31.3. The van der Waals surface area contributed by atoms with Gasteiger partial charge < -0.3 is 8.83 Å². The monoisotopic (exact) mass is 610 g/mol. The average Bonchev–Trinajstić information content (AvgIpc) is 3.72. The summed E-state index contributed by atoms with van der Waals surface area (Å²) in [7, 11) is 0. The molecule has 2 heteroatoms. The molecule has 0 bridgehead atoms. The molecular weight excluding hydrogens is 585 g/mol. The summed E-state index contributed by atoms with van der Waals surface area (Å²) in [4.78, 5) is 0. The Morgan fingerprint density at radius 3 is 1.40 bits per heavy atom. The lowest BCUT2D eigenvalue weighted by molar-refractivity contribution is 0.669. The second-order valence-corrected chi connectivity index (χ2v) is 12.8. The second kappa shape index (κ2) is 9.57. The Balaban J connectivity index is 1.22. The molecule has 0 fully saturated rings. The minimum atomic E-state index is 0.902. The summed E-state index contributed by atoms with van der Waals surface area (Å²) >= 11 is 0. The molecule has 0 N–H and O–H groups in total. The molecule has 2 heterocycles. The lowest BCUT2D eigenvalue weighted by Gasteiger charge is -2.17. The van der Waals surface area contributed by atoms with E-state index in [4.69, 9.17) is 8.83 Å². The van der Waals surface area contributed by atoms with E-state index in [0.29, 0.717) is 0 Å². The maximum absolute atomic E-state index is 6.66. The van der Waals surface area contributed by atoms with Crippen LogP contribution in [0.25, 0.3) is 109 Å². The van der Waals surface area contributed by atoms with Crippen molar-refractivity contribution in [2.24, 2.45) is 0 Å². The van der Waals surface area contributed by atoms with E-state index < -0.39 is 0 Å². The molecule has 9 aromatic carbocycles. The standard InChI is InChI=1S/C46H26O2/c1-3-14-33-29(11-1)30-12-2-8-19-38(30)46-45(33)39-25-27(22-24-41(39)48-46)43-34-15-4-6-17-36(34)44(37-18-7-5-16-35(37)43)28-21-23-32-31-13-9-10-20-40(31)47-42(32)26-28/h1-26H. The van der Waals surface area contributed by atoms with Crippen molar-refractivity contribution in [3.63, 3.8) is 0 Å². The molecule has 11 rings (SSSR count). The highest BCUT2D eigenvalue weighted by Crippen LogP contribution is 2.47. The van der Waals surface area contributed by atoms with Crippen molar-refractivity contribution in [3.8, 4) is 22.3 Å². The fourth-order valence-electron chi connectivity index (χ4n) is 8.19. The zero-order valence-electron chi connectivity index (χ0n) is 25.8. The number of benzene rings is 9. The van der Waals surface area contributed by atoms with Gasteiger partial charge in [-0.05, 0) is 90.3 Å². The first-order chi connectivity index (χ1) is 23.8. The zero-order valence-corrected chi connectivity index (χ0v) is 25.8. The summed E-state index contributed by atoms with van der Waals surface area (Å²) < 4.78 is 13.0. The van der Waals surface area contributed by atoms with Crippen LogP contribution in [0, 0.1) is 0 Å². The van der Waals surface area contributed by atoms with E-state index in [0.717, 1.165) is 49.4 Å². The summed E-state index contributed by atoms with van der Waals surface area (Å²) in [6.45, 7) is 0. The van der Waals surface area contributed by atoms with Gasteiger partial charge in [-0.15, -0.1) is 0 Å². The molecule has 2 nitrogen and oxygen atoms in total. The average molecular weight is 611 g/mol. The summed E-state index contributed by atoms with van der Waals surface area (Å²) in [6.07, 6.45) is 0. The maximum Gasteiger partial charge on any atom is 0.143 e. The van der Waals surface area contributed by atoms with Gasteiger partial charge in [0.15, 0.2) is 0 Å². The molecule has 0 aliphatic carbocycles. The van der Waals surface area contributed by atoms with Crippen molar-refractivity contribution in [1.29, 1.82) is 0 Å². The number of hydrogen-bond acceptors (Lipinski definition) is 2. The topological polar surface area (TPSA) is 26.3 Å². The first kappa shape index (κ1) is 25.8. The van der Waals surface area contributed by atoms with Crippen LogP contribution >= 0.6 is 0 Å². The van der Waals surface area contributed by atoms with Gasteiger partial charge in [-0.2, -0.15) is 0 Å². The molecule has 0 spiro atoms. The molecule has 0 saturated heterocycles. The van der Waals surface area contributed by atoms with Crippen LogP contribution in [0.5, 0.6) is 0 Å². The number of rotatable bonds is 2. The van der Waals surface area contributed by atoms with Gasteiger partial charge >= 0.3 is 0 Å². The fraction of sp³-hybridized carbons (Fsp3) is 0. The van der Waals surface area contributed by atoms with E-state index in [-0.39, 0.29) is 0 Å². The smallest absolute Gasteiger partial charge is 0.143 e. The molecule has 2 aromatic heterocycles. The van der Waals surface area contributed by atoms with Gasteiger partial charge in [-0.25, -0.2) is 0 Å². The van der Waals surface area contributed by atoms with Gasteiger partial charge in [0.2, 0.25) is 0 Å². The van der Waals surface area contributed by atoms with Crippen LogP contribution in [0.2, 0.25) is 0 Å². The van der Waals surface area contributed by atoms with E-state index in [1.54, 1.807) is 0 Å². The van der Waals surface area contributed by atoms with Crippen molar-refractivity contribution >= 4 is 87.0 Å². The number of para-hydroxylation sites is 1. The van der Waals surface area contributed by atoms with Crippen molar-refractivity contribution in [3.05, 3.63) is 158 Å². The first-order valence-corrected chi connectivity index (χ1v) is 16.4. The molecule has 0 aliphatic rings. The lowest BCUT2D eigenvalue weighted by atomic mass is 9.85. The molecular formula is C46H26O2. The maximum atomic E-state index is 6.66. The summed E-state index contributed by atoms with van der Waals surface area (Å²) in [5, 5.41) is 14.3. The predicted octanol–water partition coefficient (Wildman–Crippen LogP) is 13.4. The Morgan fingerprint density at radius 2 is 0.729 bits per heavy atom. The molecule has 0 saturated carbocycles. The van der Waals surface area contributed by atoms with E-state index in [9.17, 15) is 0 Å². The van der Waals surface area contributed by atoms with Gasteiger partial charge in [0, 0.05) is 26.9 Å². The Bertz CT molecular complexity index is 3060. The minimum absolute atomic E-state index is 0.902. The highest BCUT2D eigenvalue weighted by Gasteiger charge is 2.20. The van der Waals surface area contributed by atoms with Crippen LogP contribution < -0.4 is 0 Å². The summed E-state index contributed by atoms with van der Waals surface area (Å²) in [5.41, 5.74) is 8.45. The van der Waals surface area contributed by atoms with Gasteiger partial charge in [-0.1, -0.05) is 127 Å². The largest absolute Gasteiger partial charge is 0.456 e. The number of fused-ring (bicyclic) bond motifs is 13. The molecule has 0 aliphatic heterocycles. The molecule has 222 valence electrons. The number of furan rings is 2. The van der Waals surface area contributed by atoms with E-state index in [2.05, 4.69) is 146 Å². The van der Waals surface area contributed by atoms with E-state index in [1.807, 2.05) is 12.1 Å². The second-order valence-electron chi connectivity index (χ2n) is 12.8. The molecule has 0 radical (unpaired) electrons. The molecule has 48 heavy (non-hydrogen) atoms.